The molecule has 1 saturated heterocycles. The smallest absolute Gasteiger partial charge is 0.296 e. The largest absolute Gasteiger partial charge is 0.459 e. The standard InChI is InChI=1S/C24H23ClN4O6S/c1-36(32,33)16-6-7-18(26-10-16)13-2-4-14(5-3-13)22-17(25)9-19-23(28-22)29-24(27-19)35-15-8-20(31)21(11-30)34-12-15/h2-7,9-10,15,20-21,30-31H,8,11-12H2,1H3,(H,27,28,29)/t15-,20+,21-/m1/s1. The number of hydrogen-bond donors (Lipinski definition) is 3. The maximum Gasteiger partial charge on any atom is 0.296 e. The molecule has 12 heteroatoms. The number of H-pyrrole nitrogens is 1. The van der Waals surface area contributed by atoms with Crippen LogP contribution in [0.15, 0.2) is 53.6 Å². The van der Waals surface area contributed by atoms with E-state index in [4.69, 9.17) is 21.1 Å². The van der Waals surface area contributed by atoms with E-state index < -0.39 is 28.1 Å². The summed E-state index contributed by atoms with van der Waals surface area (Å²) in [7, 11) is -3.31. The molecule has 1 aliphatic rings. The first-order chi connectivity index (χ1) is 17.2. The summed E-state index contributed by atoms with van der Waals surface area (Å²) < 4.78 is 34.5. The van der Waals surface area contributed by atoms with E-state index in [1.807, 2.05) is 24.3 Å². The van der Waals surface area contributed by atoms with Gasteiger partial charge in [0.15, 0.2) is 15.5 Å². The van der Waals surface area contributed by atoms with Crippen LogP contribution in [0.3, 0.4) is 0 Å². The number of aliphatic hydroxyl groups excluding tert-OH is 2. The van der Waals surface area contributed by atoms with Crippen LogP contribution in [0.4, 0.5) is 0 Å². The van der Waals surface area contributed by atoms with Crippen molar-refractivity contribution in [2.24, 2.45) is 0 Å². The number of aromatic nitrogens is 4. The third kappa shape index (κ3) is 5.06. The fraction of sp³-hybridized carbons (Fsp3) is 0.292. The molecule has 5 rings (SSSR count). The van der Waals surface area contributed by atoms with Crippen LogP contribution < -0.4 is 4.74 Å². The Labute approximate surface area is 211 Å². The molecule has 10 nitrogen and oxygen atoms in total. The second kappa shape index (κ2) is 9.75. The number of sulfone groups is 1. The van der Waals surface area contributed by atoms with Gasteiger partial charge in [0, 0.05) is 30.0 Å². The summed E-state index contributed by atoms with van der Waals surface area (Å²) in [6.45, 7) is -0.0341. The van der Waals surface area contributed by atoms with E-state index in [0.717, 1.165) is 17.4 Å². The number of imidazole rings is 1. The van der Waals surface area contributed by atoms with E-state index in [1.165, 1.54) is 12.3 Å². The molecular weight excluding hydrogens is 508 g/mol. The topological polar surface area (TPSA) is 148 Å². The van der Waals surface area contributed by atoms with Gasteiger partial charge in [-0.15, -0.1) is 0 Å². The van der Waals surface area contributed by atoms with Crippen molar-refractivity contribution in [1.29, 1.82) is 0 Å². The number of nitrogens with one attached hydrogen (secondary N) is 1. The predicted octanol–water partition coefficient (Wildman–Crippen LogP) is 2.63. The van der Waals surface area contributed by atoms with Crippen molar-refractivity contribution >= 4 is 32.6 Å². The fourth-order valence-corrected chi connectivity index (χ4v) is 4.79. The molecule has 1 aliphatic heterocycles. The summed E-state index contributed by atoms with van der Waals surface area (Å²) in [5.41, 5.74) is 3.76. The van der Waals surface area contributed by atoms with E-state index in [0.29, 0.717) is 34.0 Å². The van der Waals surface area contributed by atoms with Gasteiger partial charge in [0.2, 0.25) is 0 Å². The van der Waals surface area contributed by atoms with Crippen molar-refractivity contribution in [1.82, 2.24) is 19.9 Å². The van der Waals surface area contributed by atoms with Gasteiger partial charge in [-0.3, -0.25) is 4.98 Å². The predicted molar refractivity (Wildman–Crippen MR) is 133 cm³/mol. The zero-order valence-electron chi connectivity index (χ0n) is 19.1. The highest BCUT2D eigenvalue weighted by Crippen LogP contribution is 2.31. The van der Waals surface area contributed by atoms with Gasteiger partial charge in [-0.25, -0.2) is 13.4 Å². The lowest BCUT2D eigenvalue weighted by Crippen LogP contribution is -2.45. The third-order valence-corrected chi connectivity index (χ3v) is 7.30. The molecule has 0 radical (unpaired) electrons. The zero-order chi connectivity index (χ0) is 25.4. The number of hydrogen-bond acceptors (Lipinski definition) is 9. The number of pyridine rings is 2. The maximum absolute atomic E-state index is 11.6. The molecule has 3 N–H and O–H groups in total. The van der Waals surface area contributed by atoms with E-state index >= 15 is 0 Å². The first-order valence-corrected chi connectivity index (χ1v) is 13.4. The van der Waals surface area contributed by atoms with Gasteiger partial charge in [-0.05, 0) is 18.2 Å². The van der Waals surface area contributed by atoms with Crippen LogP contribution in [0.25, 0.3) is 33.7 Å². The van der Waals surface area contributed by atoms with Crippen LogP contribution in [0, 0.1) is 0 Å². The van der Waals surface area contributed by atoms with E-state index in [1.54, 1.807) is 12.1 Å². The Morgan fingerprint density at radius 2 is 1.92 bits per heavy atom. The second-order valence-electron chi connectivity index (χ2n) is 8.56. The van der Waals surface area contributed by atoms with Crippen LogP contribution >= 0.6 is 11.6 Å². The van der Waals surface area contributed by atoms with Crippen LogP contribution in [0.2, 0.25) is 5.02 Å². The van der Waals surface area contributed by atoms with E-state index in [9.17, 15) is 18.6 Å². The summed E-state index contributed by atoms with van der Waals surface area (Å²) in [5, 5.41) is 19.7. The molecule has 3 aromatic heterocycles. The third-order valence-electron chi connectivity index (χ3n) is 5.91. The molecular formula is C24H23ClN4O6S. The summed E-state index contributed by atoms with van der Waals surface area (Å²) >= 11 is 6.51. The van der Waals surface area contributed by atoms with Crippen molar-refractivity contribution in [2.45, 2.75) is 29.6 Å². The number of nitrogens with zero attached hydrogens (tertiary/aromatic N) is 3. The van der Waals surface area contributed by atoms with Crippen LogP contribution in [0.1, 0.15) is 6.42 Å². The Morgan fingerprint density at radius 3 is 2.56 bits per heavy atom. The molecule has 4 heterocycles. The minimum absolute atomic E-state index is 0.163. The molecule has 0 amide bonds. The highest BCUT2D eigenvalue weighted by atomic mass is 35.5. The molecule has 36 heavy (non-hydrogen) atoms. The Hall–Kier alpha value is -3.09. The van der Waals surface area contributed by atoms with Gasteiger partial charge >= 0.3 is 0 Å². The van der Waals surface area contributed by atoms with Gasteiger partial charge in [0.25, 0.3) is 6.01 Å². The second-order valence-corrected chi connectivity index (χ2v) is 11.0. The van der Waals surface area contributed by atoms with Crippen LogP contribution in [-0.4, -0.2) is 76.3 Å². The Morgan fingerprint density at radius 1 is 1.17 bits per heavy atom. The molecule has 0 unspecified atom stereocenters. The summed E-state index contributed by atoms with van der Waals surface area (Å²) in [5.74, 6) is 0. The summed E-state index contributed by atoms with van der Waals surface area (Å²) in [6.07, 6.45) is 0.923. The molecule has 0 aliphatic carbocycles. The molecule has 0 spiro atoms. The number of fused-ring (bicyclic) bond motifs is 1. The van der Waals surface area contributed by atoms with Crippen molar-refractivity contribution in [3.63, 3.8) is 0 Å². The molecule has 0 bridgehead atoms. The van der Waals surface area contributed by atoms with Crippen molar-refractivity contribution < 1.29 is 28.1 Å². The van der Waals surface area contributed by atoms with Gasteiger partial charge in [-0.2, -0.15) is 4.98 Å². The van der Waals surface area contributed by atoms with Gasteiger partial charge in [0.1, 0.15) is 12.2 Å². The average molecular weight is 531 g/mol. The minimum atomic E-state index is -3.31. The number of benzene rings is 1. The van der Waals surface area contributed by atoms with Gasteiger partial charge < -0.3 is 24.7 Å². The first-order valence-electron chi connectivity index (χ1n) is 11.1. The normalized spacial score (nSPS) is 20.5. The molecule has 4 aromatic rings. The maximum atomic E-state index is 11.6. The Balaban J connectivity index is 1.35. The quantitative estimate of drug-likeness (QED) is 0.342. The highest BCUT2D eigenvalue weighted by molar-refractivity contribution is 7.90. The first kappa shape index (κ1) is 24.6. The van der Waals surface area contributed by atoms with Crippen LogP contribution in [0.5, 0.6) is 6.01 Å². The minimum Gasteiger partial charge on any atom is -0.459 e. The Kier molecular flexibility index (Phi) is 6.66. The summed E-state index contributed by atoms with van der Waals surface area (Å²) in [4.78, 5) is 16.4. The zero-order valence-corrected chi connectivity index (χ0v) is 20.7. The number of aliphatic hydroxyl groups is 2. The fourth-order valence-electron chi connectivity index (χ4n) is 3.97. The molecule has 188 valence electrons. The molecule has 0 saturated carbocycles. The highest BCUT2D eigenvalue weighted by Gasteiger charge is 2.31. The summed E-state index contributed by atoms with van der Waals surface area (Å²) in [6, 6.07) is 12.5. The molecule has 1 aromatic carbocycles. The lowest BCUT2D eigenvalue weighted by molar-refractivity contribution is -0.131. The lowest BCUT2D eigenvalue weighted by Gasteiger charge is -2.31. The number of ether oxygens (including phenoxy) is 2. The molecule has 3 atom stereocenters. The monoisotopic (exact) mass is 530 g/mol. The van der Waals surface area contributed by atoms with Crippen molar-refractivity contribution in [2.75, 3.05) is 19.5 Å². The SMILES string of the molecule is CS(=O)(=O)c1ccc(-c2ccc(-c3nc4nc(O[C@H]5CO[C@H](CO)[C@@H](O)C5)[nH]c4cc3Cl)cc2)nc1. The van der Waals surface area contributed by atoms with Gasteiger partial charge in [0.05, 0.1) is 46.1 Å². The Bertz CT molecular complexity index is 1490. The van der Waals surface area contributed by atoms with Crippen molar-refractivity contribution in [3.05, 3.63) is 53.7 Å². The van der Waals surface area contributed by atoms with Crippen LogP contribution in [-0.2, 0) is 14.6 Å². The van der Waals surface area contributed by atoms with Gasteiger partial charge in [-0.1, -0.05) is 35.9 Å². The van der Waals surface area contributed by atoms with E-state index in [2.05, 4.69) is 19.9 Å². The van der Waals surface area contributed by atoms with Crippen molar-refractivity contribution in [3.8, 4) is 28.5 Å². The number of aromatic amines is 1. The number of halogens is 1. The average Bonchev–Trinajstić information content (AvgIpc) is 3.24. The molecule has 1 fully saturated rings. The number of rotatable bonds is 6. The lowest BCUT2D eigenvalue weighted by atomic mass is 10.0. The van der Waals surface area contributed by atoms with E-state index in [-0.39, 0.29) is 24.1 Å².